The van der Waals surface area contributed by atoms with Crippen molar-refractivity contribution in [1.82, 2.24) is 4.90 Å². The molecule has 2 aromatic carbocycles. The summed E-state index contributed by atoms with van der Waals surface area (Å²) >= 11 is 11.9. The molecule has 0 unspecified atom stereocenters. The van der Waals surface area contributed by atoms with E-state index in [1.54, 1.807) is 12.1 Å². The molecule has 0 aromatic heterocycles. The molecule has 1 amide bonds. The number of rotatable bonds is 11. The summed E-state index contributed by atoms with van der Waals surface area (Å²) in [6, 6.07) is 4.66. The minimum atomic E-state index is -1.47. The van der Waals surface area contributed by atoms with Crippen molar-refractivity contribution in [1.29, 1.82) is 0 Å². The van der Waals surface area contributed by atoms with Crippen molar-refractivity contribution in [2.45, 2.75) is 27.2 Å². The molecule has 0 saturated carbocycles. The molecule has 2 rings (SSSR count). The Balaban J connectivity index is 1.91. The zero-order valence-corrected chi connectivity index (χ0v) is 19.5. The maximum absolute atomic E-state index is 14.0. The van der Waals surface area contributed by atoms with Crippen molar-refractivity contribution in [3.05, 3.63) is 51.3 Å². The monoisotopic (exact) mass is 492 g/mol. The van der Waals surface area contributed by atoms with E-state index in [1.165, 1.54) is 6.07 Å². The van der Waals surface area contributed by atoms with Crippen LogP contribution in [0.15, 0.2) is 18.2 Å². The van der Waals surface area contributed by atoms with E-state index in [9.17, 15) is 18.0 Å². The minimum Gasteiger partial charge on any atom is -0.492 e. The molecule has 0 aliphatic rings. The Morgan fingerprint density at radius 3 is 2.38 bits per heavy atom. The molecular formula is C22H25Cl2F3N2O3. The molecule has 1 N–H and O–H groups in total. The number of hydrogen-bond acceptors (Lipinski definition) is 4. The van der Waals surface area contributed by atoms with Gasteiger partial charge in [-0.1, -0.05) is 37.0 Å². The van der Waals surface area contributed by atoms with Crippen molar-refractivity contribution < 1.29 is 27.4 Å². The molecule has 0 saturated heterocycles. The summed E-state index contributed by atoms with van der Waals surface area (Å²) in [5.41, 5.74) is -0.235. The van der Waals surface area contributed by atoms with E-state index in [1.807, 2.05) is 0 Å². The number of halogens is 5. The fourth-order valence-corrected chi connectivity index (χ4v) is 3.40. The third kappa shape index (κ3) is 6.67. The average Bonchev–Trinajstić information content (AvgIpc) is 2.77. The molecule has 0 fully saturated rings. The van der Waals surface area contributed by atoms with Crippen molar-refractivity contribution in [2.24, 2.45) is 0 Å². The van der Waals surface area contributed by atoms with E-state index >= 15 is 0 Å². The highest BCUT2D eigenvalue weighted by Crippen LogP contribution is 2.35. The summed E-state index contributed by atoms with van der Waals surface area (Å²) in [6.45, 7) is 7.87. The van der Waals surface area contributed by atoms with E-state index in [4.69, 9.17) is 32.7 Å². The average molecular weight is 493 g/mol. The van der Waals surface area contributed by atoms with Crippen LogP contribution in [0.4, 0.5) is 18.9 Å². The predicted octanol–water partition coefficient (Wildman–Crippen LogP) is 5.85. The summed E-state index contributed by atoms with van der Waals surface area (Å²) in [7, 11) is 0. The number of nitrogens with one attached hydrogen (secondary N) is 1. The summed E-state index contributed by atoms with van der Waals surface area (Å²) in [4.78, 5) is 14.4. The summed E-state index contributed by atoms with van der Waals surface area (Å²) in [6.07, 6.45) is 0.840. The highest BCUT2D eigenvalue weighted by molar-refractivity contribution is 6.32. The molecule has 0 aliphatic carbocycles. The molecule has 0 radical (unpaired) electrons. The first-order valence-corrected chi connectivity index (χ1v) is 10.8. The maximum atomic E-state index is 14.0. The third-order valence-electron chi connectivity index (χ3n) is 4.78. The van der Waals surface area contributed by atoms with Crippen molar-refractivity contribution in [3.8, 4) is 11.5 Å². The van der Waals surface area contributed by atoms with Gasteiger partial charge >= 0.3 is 0 Å². The van der Waals surface area contributed by atoms with E-state index in [0.717, 1.165) is 33.0 Å². The number of hydrogen-bond donors (Lipinski definition) is 1. The standard InChI is InChI=1S/C22H25Cl2F3N2O3/c1-4-29(5-2)9-6-10-31-16-8-7-14(11-15(16)23)28-17(30)12-32-22-18(24)19(25)13(3)20(26)21(22)27/h7-8,11H,4-6,9-10,12H2,1-3H3,(H,28,30). The predicted molar refractivity (Wildman–Crippen MR) is 120 cm³/mol. The first kappa shape index (κ1) is 26.1. The zero-order chi connectivity index (χ0) is 23.8. The van der Waals surface area contributed by atoms with Gasteiger partial charge in [0.25, 0.3) is 5.91 Å². The fourth-order valence-electron chi connectivity index (χ4n) is 2.89. The lowest BCUT2D eigenvalue weighted by molar-refractivity contribution is -0.118. The highest BCUT2D eigenvalue weighted by atomic mass is 35.5. The number of nitrogens with zero attached hydrogens (tertiary/aromatic N) is 1. The van der Waals surface area contributed by atoms with Crippen LogP contribution in [-0.2, 0) is 4.79 Å². The normalized spacial score (nSPS) is 11.0. The second-order valence-corrected chi connectivity index (χ2v) is 7.71. The van der Waals surface area contributed by atoms with Gasteiger partial charge in [0.2, 0.25) is 5.82 Å². The van der Waals surface area contributed by atoms with E-state index in [2.05, 4.69) is 24.1 Å². The van der Waals surface area contributed by atoms with Crippen LogP contribution >= 0.6 is 23.2 Å². The van der Waals surface area contributed by atoms with Gasteiger partial charge in [-0.25, -0.2) is 8.78 Å². The Bertz CT molecular complexity index is 927. The van der Waals surface area contributed by atoms with Gasteiger partial charge in [0.1, 0.15) is 10.8 Å². The Morgan fingerprint density at radius 1 is 1.06 bits per heavy atom. The molecule has 0 spiro atoms. The Kier molecular flexibility index (Phi) is 9.93. The number of anilines is 1. The van der Waals surface area contributed by atoms with Crippen molar-refractivity contribution in [2.75, 3.05) is 38.2 Å². The molecular weight excluding hydrogens is 468 g/mol. The Morgan fingerprint density at radius 2 is 1.75 bits per heavy atom. The van der Waals surface area contributed by atoms with Crippen molar-refractivity contribution in [3.63, 3.8) is 0 Å². The lowest BCUT2D eigenvalue weighted by Crippen LogP contribution is -2.25. The number of carbonyl (C=O) groups is 1. The summed E-state index contributed by atoms with van der Waals surface area (Å²) in [5.74, 6) is -5.14. The molecule has 32 heavy (non-hydrogen) atoms. The number of ether oxygens (including phenoxy) is 2. The quantitative estimate of drug-likeness (QED) is 0.315. The van der Waals surface area contributed by atoms with Gasteiger partial charge < -0.3 is 19.7 Å². The lowest BCUT2D eigenvalue weighted by Gasteiger charge is -2.18. The van der Waals surface area contributed by atoms with Crippen LogP contribution in [-0.4, -0.2) is 43.7 Å². The van der Waals surface area contributed by atoms with Gasteiger partial charge in [-0.15, -0.1) is 0 Å². The third-order valence-corrected chi connectivity index (χ3v) is 5.41. The summed E-state index contributed by atoms with van der Waals surface area (Å²) < 4.78 is 52.1. The Hall–Kier alpha value is -2.16. The Labute approximate surface area is 195 Å². The van der Waals surface area contributed by atoms with Gasteiger partial charge in [0.15, 0.2) is 24.0 Å². The van der Waals surface area contributed by atoms with Crippen LogP contribution < -0.4 is 14.8 Å². The largest absolute Gasteiger partial charge is 0.492 e. The number of carbonyl (C=O) groups excluding carboxylic acids is 1. The molecule has 0 atom stereocenters. The maximum Gasteiger partial charge on any atom is 0.262 e. The van der Waals surface area contributed by atoms with Crippen LogP contribution in [0, 0.1) is 24.4 Å². The van der Waals surface area contributed by atoms with Crippen molar-refractivity contribution >= 4 is 34.8 Å². The van der Waals surface area contributed by atoms with Crippen LogP contribution in [0.3, 0.4) is 0 Å². The molecule has 2 aromatic rings. The molecule has 0 bridgehead atoms. The van der Waals surface area contributed by atoms with Gasteiger partial charge in [0.05, 0.1) is 11.6 Å². The van der Waals surface area contributed by atoms with Crippen LogP contribution in [0.5, 0.6) is 11.5 Å². The zero-order valence-electron chi connectivity index (χ0n) is 18.0. The smallest absolute Gasteiger partial charge is 0.262 e. The first-order chi connectivity index (χ1) is 15.2. The summed E-state index contributed by atoms with van der Waals surface area (Å²) in [5, 5.41) is 2.05. The van der Waals surface area contributed by atoms with E-state index in [-0.39, 0.29) is 0 Å². The van der Waals surface area contributed by atoms with Gasteiger partial charge in [0, 0.05) is 17.8 Å². The minimum absolute atomic E-state index is 0.295. The van der Waals surface area contributed by atoms with E-state index < -0.39 is 46.3 Å². The lowest BCUT2D eigenvalue weighted by atomic mass is 10.2. The highest BCUT2D eigenvalue weighted by Gasteiger charge is 2.23. The molecule has 0 heterocycles. The molecule has 10 heteroatoms. The van der Waals surface area contributed by atoms with Crippen LogP contribution in [0.25, 0.3) is 0 Å². The SMILES string of the molecule is CCN(CC)CCCOc1ccc(NC(=O)COc2c(F)c(F)c(C)c(F)c2Cl)cc1Cl. The van der Waals surface area contributed by atoms with Gasteiger partial charge in [-0.2, -0.15) is 4.39 Å². The van der Waals surface area contributed by atoms with Crippen LogP contribution in [0.2, 0.25) is 10.0 Å². The number of benzene rings is 2. The first-order valence-electron chi connectivity index (χ1n) is 10.1. The molecule has 5 nitrogen and oxygen atoms in total. The van der Waals surface area contributed by atoms with Gasteiger partial charge in [-0.3, -0.25) is 4.79 Å². The van der Waals surface area contributed by atoms with Crippen LogP contribution in [0.1, 0.15) is 25.8 Å². The molecule has 176 valence electrons. The van der Waals surface area contributed by atoms with Gasteiger partial charge in [-0.05, 0) is 44.6 Å². The number of amides is 1. The fraction of sp³-hybridized carbons (Fsp3) is 0.409. The molecule has 0 aliphatic heterocycles. The topological polar surface area (TPSA) is 50.8 Å². The second-order valence-electron chi connectivity index (χ2n) is 6.92. The van der Waals surface area contributed by atoms with E-state index in [0.29, 0.717) is 23.1 Å². The second kappa shape index (κ2) is 12.2.